The Hall–Kier alpha value is -0.900. The van der Waals surface area contributed by atoms with Gasteiger partial charge in [0, 0.05) is 46.4 Å². The van der Waals surface area contributed by atoms with E-state index in [9.17, 15) is 8.42 Å². The molecule has 2 saturated heterocycles. The van der Waals surface area contributed by atoms with Gasteiger partial charge in [-0.25, -0.2) is 12.7 Å². The quantitative estimate of drug-likeness (QED) is 0.334. The molecule has 8 nitrogen and oxygen atoms in total. The van der Waals surface area contributed by atoms with Gasteiger partial charge in [-0.05, 0) is 25.7 Å². The van der Waals surface area contributed by atoms with Gasteiger partial charge in [0.25, 0.3) is 0 Å². The summed E-state index contributed by atoms with van der Waals surface area (Å²) in [7, 11) is -1.32. The van der Waals surface area contributed by atoms with Crippen LogP contribution in [0.4, 0.5) is 0 Å². The lowest BCUT2D eigenvalue weighted by molar-refractivity contribution is 0.0168. The van der Waals surface area contributed by atoms with Gasteiger partial charge in [0.2, 0.25) is 10.0 Å². The molecule has 24 heavy (non-hydrogen) atoms. The minimum Gasteiger partial charge on any atom is -0.379 e. The Bertz CT molecular complexity index is 492. The fraction of sp³-hybridized carbons (Fsp3) is 0.933. The van der Waals surface area contributed by atoms with Crippen LogP contribution >= 0.6 is 0 Å². The maximum Gasteiger partial charge on any atom is 0.214 e. The third-order valence-electron chi connectivity index (χ3n) is 4.17. The molecule has 0 spiro atoms. The number of nitrogens with zero attached hydrogens (tertiary/aromatic N) is 2. The van der Waals surface area contributed by atoms with Gasteiger partial charge in [0.1, 0.15) is 0 Å². The highest BCUT2D eigenvalue weighted by atomic mass is 32.2. The molecular weight excluding hydrogens is 332 g/mol. The molecular formula is C15H30N4O4S. The fourth-order valence-electron chi connectivity index (χ4n) is 2.83. The number of hydrogen-bond donors (Lipinski definition) is 2. The molecule has 0 aromatic carbocycles. The average Bonchev–Trinajstić information content (AvgIpc) is 3.18. The van der Waals surface area contributed by atoms with Gasteiger partial charge in [-0.1, -0.05) is 0 Å². The number of sulfonamides is 1. The Morgan fingerprint density at radius 3 is 2.83 bits per heavy atom. The van der Waals surface area contributed by atoms with E-state index >= 15 is 0 Å². The van der Waals surface area contributed by atoms with Gasteiger partial charge in [-0.2, -0.15) is 0 Å². The van der Waals surface area contributed by atoms with Crippen molar-refractivity contribution in [3.8, 4) is 0 Å². The third kappa shape index (κ3) is 6.54. The number of rotatable bonds is 9. The summed E-state index contributed by atoms with van der Waals surface area (Å²) in [5, 5.41) is 6.35. The zero-order valence-corrected chi connectivity index (χ0v) is 15.3. The first-order chi connectivity index (χ1) is 11.6. The van der Waals surface area contributed by atoms with Crippen LogP contribution in [0.5, 0.6) is 0 Å². The van der Waals surface area contributed by atoms with Crippen molar-refractivity contribution in [1.29, 1.82) is 0 Å². The number of ether oxygens (including phenoxy) is 2. The normalized spacial score (nSPS) is 24.4. The summed E-state index contributed by atoms with van der Waals surface area (Å²) in [6.07, 6.45) is 4.11. The molecule has 0 aliphatic carbocycles. The van der Waals surface area contributed by atoms with Crippen LogP contribution < -0.4 is 10.6 Å². The van der Waals surface area contributed by atoms with E-state index in [1.165, 1.54) is 4.31 Å². The van der Waals surface area contributed by atoms with E-state index < -0.39 is 10.0 Å². The highest BCUT2D eigenvalue weighted by Crippen LogP contribution is 2.12. The summed E-state index contributed by atoms with van der Waals surface area (Å²) >= 11 is 0. The summed E-state index contributed by atoms with van der Waals surface area (Å²) in [6.45, 7) is 4.64. The lowest BCUT2D eigenvalue weighted by Crippen LogP contribution is -2.42. The molecule has 2 rings (SSSR count). The molecule has 2 heterocycles. The van der Waals surface area contributed by atoms with Gasteiger partial charge in [0.05, 0.1) is 18.5 Å². The first kappa shape index (κ1) is 19.4. The summed E-state index contributed by atoms with van der Waals surface area (Å²) < 4.78 is 36.0. The van der Waals surface area contributed by atoms with Gasteiger partial charge in [-0.3, -0.25) is 4.99 Å². The Kier molecular flexibility index (Phi) is 8.23. The molecule has 2 aliphatic rings. The molecule has 0 aromatic rings. The molecule has 2 N–H and O–H groups in total. The van der Waals surface area contributed by atoms with Crippen LogP contribution in [0.25, 0.3) is 0 Å². The van der Waals surface area contributed by atoms with Crippen LogP contribution in [-0.4, -0.2) is 83.6 Å². The lowest BCUT2D eigenvalue weighted by Gasteiger charge is -2.16. The summed E-state index contributed by atoms with van der Waals surface area (Å²) in [5.41, 5.74) is 0. The monoisotopic (exact) mass is 362 g/mol. The van der Waals surface area contributed by atoms with E-state index in [2.05, 4.69) is 15.6 Å². The highest BCUT2D eigenvalue weighted by Gasteiger charge is 2.27. The van der Waals surface area contributed by atoms with Crippen LogP contribution in [-0.2, 0) is 19.5 Å². The maximum atomic E-state index is 11.7. The van der Waals surface area contributed by atoms with Gasteiger partial charge < -0.3 is 20.1 Å². The van der Waals surface area contributed by atoms with Crippen molar-refractivity contribution in [2.75, 3.05) is 58.8 Å². The van der Waals surface area contributed by atoms with Gasteiger partial charge in [0.15, 0.2) is 5.96 Å². The topological polar surface area (TPSA) is 92.3 Å². The molecule has 1 unspecified atom stereocenters. The molecule has 0 radical (unpaired) electrons. The number of hydrogen-bond acceptors (Lipinski definition) is 5. The molecule has 0 saturated carbocycles. The molecule has 0 amide bonds. The van der Waals surface area contributed by atoms with E-state index in [0.717, 1.165) is 38.8 Å². The summed E-state index contributed by atoms with van der Waals surface area (Å²) in [6, 6.07) is 0. The van der Waals surface area contributed by atoms with Crippen LogP contribution in [0, 0.1) is 0 Å². The van der Waals surface area contributed by atoms with E-state index in [-0.39, 0.29) is 11.9 Å². The van der Waals surface area contributed by atoms with Crippen molar-refractivity contribution >= 4 is 16.0 Å². The number of nitrogens with one attached hydrogen (secondary N) is 2. The second-order valence-electron chi connectivity index (χ2n) is 6.06. The van der Waals surface area contributed by atoms with E-state index in [1.807, 2.05) is 0 Å². The third-order valence-corrected chi connectivity index (χ3v) is 6.12. The van der Waals surface area contributed by atoms with Crippen molar-refractivity contribution in [3.05, 3.63) is 0 Å². The average molecular weight is 362 g/mol. The van der Waals surface area contributed by atoms with Crippen LogP contribution in [0.3, 0.4) is 0 Å². The highest BCUT2D eigenvalue weighted by molar-refractivity contribution is 7.89. The van der Waals surface area contributed by atoms with Gasteiger partial charge >= 0.3 is 0 Å². The Morgan fingerprint density at radius 2 is 2.17 bits per heavy atom. The van der Waals surface area contributed by atoms with Gasteiger partial charge in [-0.15, -0.1) is 0 Å². The molecule has 0 aromatic heterocycles. The standard InChI is InChI=1S/C15H30N4O4S/c1-16-15(18-7-9-19-8-4-12-24(19,20)21)17-6-3-10-22-13-14-5-2-11-23-14/h14H,2-13H2,1H3,(H2,16,17,18). The molecule has 9 heteroatoms. The zero-order chi connectivity index (χ0) is 17.3. The predicted molar refractivity (Wildman–Crippen MR) is 93.8 cm³/mol. The minimum absolute atomic E-state index is 0.270. The SMILES string of the molecule is CN=C(NCCCOCC1CCCO1)NCCN1CCCS1(=O)=O. The number of aliphatic imine (C=N–C) groups is 1. The van der Waals surface area contributed by atoms with Crippen molar-refractivity contribution in [1.82, 2.24) is 14.9 Å². The van der Waals surface area contributed by atoms with Crippen LogP contribution in [0.2, 0.25) is 0 Å². The lowest BCUT2D eigenvalue weighted by atomic mass is 10.2. The predicted octanol–water partition coefficient (Wildman–Crippen LogP) is -0.227. The van der Waals surface area contributed by atoms with E-state index in [0.29, 0.717) is 38.8 Å². The molecule has 2 aliphatic heterocycles. The zero-order valence-electron chi connectivity index (χ0n) is 14.5. The Morgan fingerprint density at radius 1 is 1.33 bits per heavy atom. The first-order valence-corrected chi connectivity index (χ1v) is 10.3. The van der Waals surface area contributed by atoms with Crippen molar-refractivity contribution in [2.24, 2.45) is 4.99 Å². The first-order valence-electron chi connectivity index (χ1n) is 8.73. The summed E-state index contributed by atoms with van der Waals surface area (Å²) in [4.78, 5) is 4.13. The van der Waals surface area contributed by atoms with E-state index in [4.69, 9.17) is 9.47 Å². The fourth-order valence-corrected chi connectivity index (χ4v) is 4.36. The van der Waals surface area contributed by atoms with Crippen molar-refractivity contribution < 1.29 is 17.9 Å². The Labute approximate surface area is 145 Å². The Balaban J connectivity index is 1.49. The second kappa shape index (κ2) is 10.2. The largest absolute Gasteiger partial charge is 0.379 e. The van der Waals surface area contributed by atoms with Crippen LogP contribution in [0.1, 0.15) is 25.7 Å². The molecule has 2 fully saturated rings. The minimum atomic E-state index is -3.02. The van der Waals surface area contributed by atoms with Crippen molar-refractivity contribution in [3.63, 3.8) is 0 Å². The smallest absolute Gasteiger partial charge is 0.214 e. The second-order valence-corrected chi connectivity index (χ2v) is 8.15. The van der Waals surface area contributed by atoms with Crippen molar-refractivity contribution in [2.45, 2.75) is 31.8 Å². The molecule has 0 bridgehead atoms. The molecule has 1 atom stereocenters. The molecule has 140 valence electrons. The maximum absolute atomic E-state index is 11.7. The number of guanidine groups is 1. The van der Waals surface area contributed by atoms with Crippen LogP contribution in [0.15, 0.2) is 4.99 Å². The van der Waals surface area contributed by atoms with E-state index in [1.54, 1.807) is 7.05 Å². The summed E-state index contributed by atoms with van der Waals surface area (Å²) in [5.74, 6) is 0.956.